The van der Waals surface area contributed by atoms with Crippen molar-refractivity contribution >= 4 is 43.9 Å². The molecule has 0 aromatic heterocycles. The second-order valence-electron chi connectivity index (χ2n) is 0.448. The van der Waals surface area contributed by atoms with Crippen molar-refractivity contribution in [2.24, 2.45) is 0 Å². The second kappa shape index (κ2) is 6.20. The van der Waals surface area contributed by atoms with Gasteiger partial charge in [0, 0.05) is 11.2 Å². The van der Waals surface area contributed by atoms with E-state index in [4.69, 9.17) is 13.3 Å². The van der Waals surface area contributed by atoms with Gasteiger partial charge in [-0.3, -0.25) is 9.11 Å². The van der Waals surface area contributed by atoms with E-state index in [1.165, 1.54) is 0 Å². The molecule has 0 bridgehead atoms. The average molecular weight is 268 g/mol. The van der Waals surface area contributed by atoms with Crippen molar-refractivity contribution in [3.63, 3.8) is 0 Å². The molecule has 7 heavy (non-hydrogen) atoms. The Morgan fingerprint density at radius 1 is 1.57 bits per heavy atom. The van der Waals surface area contributed by atoms with E-state index < -0.39 is 9.05 Å². The number of hydrogen-bond acceptors (Lipinski definition) is 2. The van der Waals surface area contributed by atoms with E-state index in [9.17, 15) is 0 Å². The molecule has 3 nitrogen and oxygen atoms in total. The molecule has 0 amide bonds. The molecular formula is H5NaO3S2Te. The number of rotatable bonds is 0. The quantitative estimate of drug-likeness (QED) is 0.438. The fourth-order valence-corrected chi connectivity index (χ4v) is 0. The first-order chi connectivity index (χ1) is 2.00. The molecule has 0 spiro atoms. The van der Waals surface area contributed by atoms with Crippen LogP contribution in [0, 0.1) is 0 Å². The van der Waals surface area contributed by atoms with Gasteiger partial charge in [0.1, 0.15) is 0 Å². The van der Waals surface area contributed by atoms with Gasteiger partial charge >= 0.3 is 53.2 Å². The molecule has 2 N–H and O–H groups in total. The van der Waals surface area contributed by atoms with Crippen LogP contribution in [0.25, 0.3) is 0 Å². The Kier molecular flexibility index (Phi) is 14.2. The van der Waals surface area contributed by atoms with Gasteiger partial charge in [-0.15, -0.1) is 0 Å². The van der Waals surface area contributed by atoms with Crippen LogP contribution in [0.1, 0.15) is 1.43 Å². The van der Waals surface area contributed by atoms with Gasteiger partial charge in [0.05, 0.1) is 0 Å². The summed E-state index contributed by atoms with van der Waals surface area (Å²) in [5, 5.41) is 0. The Morgan fingerprint density at radius 2 is 1.57 bits per heavy atom. The third-order valence-electron chi connectivity index (χ3n) is 0. The molecule has 0 aromatic rings. The molecule has 0 radical (unpaired) electrons. The summed E-state index contributed by atoms with van der Waals surface area (Å²) >= 11 is 3.47. The SMILES string of the molecule is O=S(O)(O)=S.[H-].[Na+].[TeH2]. The van der Waals surface area contributed by atoms with Gasteiger partial charge in [0.15, 0.2) is 0 Å². The van der Waals surface area contributed by atoms with E-state index in [2.05, 4.69) is 11.2 Å². The molecular weight excluding hydrogens is 263 g/mol. The molecule has 0 rings (SSSR count). The van der Waals surface area contributed by atoms with Crippen LogP contribution in [0.3, 0.4) is 0 Å². The Hall–Kier alpha value is 2.08. The first kappa shape index (κ1) is 16.0. The summed E-state index contributed by atoms with van der Waals surface area (Å²) < 4.78 is 24.0. The van der Waals surface area contributed by atoms with Gasteiger partial charge in [-0.05, 0) is 0 Å². The van der Waals surface area contributed by atoms with Gasteiger partial charge in [-0.2, -0.15) is 4.21 Å². The molecule has 0 saturated carbocycles. The standard InChI is InChI=1S/Na.H2O3S2.H2Te.H/c;1-5(2,3)4;;/h;(H2,1,2,3,4);1H2;/q+1;;;-1. The van der Waals surface area contributed by atoms with Gasteiger partial charge < -0.3 is 1.43 Å². The summed E-state index contributed by atoms with van der Waals surface area (Å²) in [7, 11) is -3.83. The summed E-state index contributed by atoms with van der Waals surface area (Å²) in [6.07, 6.45) is 0. The van der Waals surface area contributed by atoms with Crippen molar-refractivity contribution in [2.75, 3.05) is 0 Å². The molecule has 7 heteroatoms. The normalized spacial score (nSPS) is 8.29. The topological polar surface area (TPSA) is 57.5 Å². The van der Waals surface area contributed by atoms with E-state index in [1.807, 2.05) is 0 Å². The molecule has 0 aliphatic heterocycles. The first-order valence-corrected chi connectivity index (χ1v) is 3.10. The Labute approximate surface area is 87.1 Å². The van der Waals surface area contributed by atoms with Gasteiger partial charge in [0.2, 0.25) is 0 Å². The monoisotopic (exact) mass is 270 g/mol. The first-order valence-electron chi connectivity index (χ1n) is 0.698. The summed E-state index contributed by atoms with van der Waals surface area (Å²) in [5.74, 6) is 0. The molecule has 0 aromatic carbocycles. The van der Waals surface area contributed by atoms with E-state index in [1.54, 1.807) is 0 Å². The predicted octanol–water partition coefficient (Wildman–Crippen LogP) is -4.12. The second-order valence-corrected chi connectivity index (χ2v) is 2.65. The zero-order chi connectivity index (χ0) is 4.50. The van der Waals surface area contributed by atoms with Crippen LogP contribution in [-0.2, 0) is 20.2 Å². The van der Waals surface area contributed by atoms with Crippen LogP contribution < -0.4 is 29.6 Å². The predicted molar refractivity (Wildman–Crippen MR) is 30.4 cm³/mol. The Morgan fingerprint density at radius 3 is 1.57 bits per heavy atom. The molecule has 0 aliphatic rings. The fourth-order valence-electron chi connectivity index (χ4n) is 0. The molecule has 0 unspecified atom stereocenters. The van der Waals surface area contributed by atoms with E-state index in [-0.39, 0.29) is 54.7 Å². The number of hydrogen-bond donors (Lipinski definition) is 2. The summed E-state index contributed by atoms with van der Waals surface area (Å²) in [5.41, 5.74) is 0. The van der Waals surface area contributed by atoms with Crippen molar-refractivity contribution < 1.29 is 44.3 Å². The van der Waals surface area contributed by atoms with Crippen LogP contribution >= 0.6 is 0 Å². The van der Waals surface area contributed by atoms with Crippen molar-refractivity contribution in [1.82, 2.24) is 0 Å². The van der Waals surface area contributed by atoms with E-state index in [0.717, 1.165) is 0 Å². The summed E-state index contributed by atoms with van der Waals surface area (Å²) in [6, 6.07) is 0. The molecule has 0 fully saturated rings. The minimum absolute atomic E-state index is 0. The molecule has 0 aliphatic carbocycles. The van der Waals surface area contributed by atoms with Crippen LogP contribution in [-0.4, -0.2) is 37.0 Å². The van der Waals surface area contributed by atoms with Crippen LogP contribution in [0.2, 0.25) is 0 Å². The summed E-state index contributed by atoms with van der Waals surface area (Å²) in [6.45, 7) is 0. The fraction of sp³-hybridized carbons (Fsp3) is 0. The van der Waals surface area contributed by atoms with E-state index >= 15 is 0 Å². The molecule has 0 heterocycles. The zero-order valence-corrected chi connectivity index (χ0v) is 10.1. The molecule has 0 atom stereocenters. The summed E-state index contributed by atoms with van der Waals surface area (Å²) in [4.78, 5) is 0. The van der Waals surface area contributed by atoms with Crippen molar-refractivity contribution in [2.45, 2.75) is 0 Å². The minimum atomic E-state index is -3.83. The third kappa shape index (κ3) is 69.1. The maximum atomic E-state index is 9.11. The Balaban J connectivity index is -0.0000000267. The molecule has 42 valence electrons. The van der Waals surface area contributed by atoms with E-state index in [0.29, 0.717) is 0 Å². The van der Waals surface area contributed by atoms with Crippen LogP contribution in [0.15, 0.2) is 0 Å². The van der Waals surface area contributed by atoms with Crippen LogP contribution in [0.5, 0.6) is 0 Å². The van der Waals surface area contributed by atoms with Crippen molar-refractivity contribution in [3.8, 4) is 0 Å². The van der Waals surface area contributed by atoms with Gasteiger partial charge in [-0.25, -0.2) is 0 Å². The maximum absolute atomic E-state index is 9.11. The molecule has 0 saturated heterocycles. The zero-order valence-electron chi connectivity index (χ0n) is 4.62. The average Bonchev–Trinajstić information content (AvgIpc) is 0.722. The van der Waals surface area contributed by atoms with Crippen molar-refractivity contribution in [3.05, 3.63) is 0 Å². The van der Waals surface area contributed by atoms with Gasteiger partial charge in [0.25, 0.3) is 9.05 Å². The van der Waals surface area contributed by atoms with Crippen molar-refractivity contribution in [1.29, 1.82) is 0 Å². The Bertz CT molecular complexity index is 100. The van der Waals surface area contributed by atoms with Crippen LogP contribution in [0.4, 0.5) is 0 Å². The third-order valence-corrected chi connectivity index (χ3v) is 0. The van der Waals surface area contributed by atoms with Gasteiger partial charge in [-0.1, -0.05) is 0 Å².